The highest BCUT2D eigenvalue weighted by molar-refractivity contribution is 5.28. The molecule has 0 amide bonds. The maximum Gasteiger partial charge on any atom is 0.119 e. The van der Waals surface area contributed by atoms with Crippen LogP contribution in [0.25, 0.3) is 0 Å². The van der Waals surface area contributed by atoms with Gasteiger partial charge in [-0.15, -0.1) is 0 Å². The molecule has 3 heteroatoms. The summed E-state index contributed by atoms with van der Waals surface area (Å²) in [6.45, 7) is 9.43. The number of hydrogen-bond acceptors (Lipinski definition) is 3. The first kappa shape index (κ1) is 15.3. The van der Waals surface area contributed by atoms with Crippen LogP contribution in [0.5, 0.6) is 5.75 Å². The summed E-state index contributed by atoms with van der Waals surface area (Å²) in [6, 6.07) is 9.22. The van der Waals surface area contributed by atoms with E-state index in [1.807, 2.05) is 0 Å². The first-order valence-corrected chi connectivity index (χ1v) is 7.99. The second-order valence-corrected chi connectivity index (χ2v) is 5.59. The molecule has 0 atom stereocenters. The molecule has 3 nitrogen and oxygen atoms in total. The van der Waals surface area contributed by atoms with Crippen LogP contribution in [0.1, 0.15) is 38.7 Å². The topological polar surface area (TPSA) is 24.5 Å². The largest absolute Gasteiger partial charge is 0.492 e. The summed E-state index contributed by atoms with van der Waals surface area (Å²) in [6.07, 6.45) is 3.87. The summed E-state index contributed by atoms with van der Waals surface area (Å²) in [7, 11) is 0. The van der Waals surface area contributed by atoms with Crippen molar-refractivity contribution in [3.63, 3.8) is 0 Å². The zero-order valence-electron chi connectivity index (χ0n) is 12.9. The van der Waals surface area contributed by atoms with Gasteiger partial charge in [-0.25, -0.2) is 0 Å². The molecule has 0 heterocycles. The van der Waals surface area contributed by atoms with Crippen molar-refractivity contribution >= 4 is 0 Å². The summed E-state index contributed by atoms with van der Waals surface area (Å²) in [5, 5.41) is 3.54. The van der Waals surface area contributed by atoms with Gasteiger partial charge in [0.1, 0.15) is 12.4 Å². The van der Waals surface area contributed by atoms with Gasteiger partial charge in [-0.2, -0.15) is 0 Å². The van der Waals surface area contributed by atoms with Crippen molar-refractivity contribution in [3.8, 4) is 5.75 Å². The van der Waals surface area contributed by atoms with Gasteiger partial charge in [0.25, 0.3) is 0 Å². The molecular formula is C17H28N2O. The molecule has 2 rings (SSSR count). The number of benzene rings is 1. The Bertz CT molecular complexity index is 390. The minimum absolute atomic E-state index is 0.756. The summed E-state index contributed by atoms with van der Waals surface area (Å²) in [5.41, 5.74) is 1.32. The number of ether oxygens (including phenoxy) is 1. The third-order valence-electron chi connectivity index (χ3n) is 3.73. The number of likely N-dealkylation sites (N-methyl/N-ethyl adjacent to an activating group) is 1. The Kier molecular flexibility index (Phi) is 6.34. The van der Waals surface area contributed by atoms with Gasteiger partial charge in [-0.05, 0) is 50.0 Å². The normalized spacial score (nSPS) is 14.8. The minimum atomic E-state index is 0.756. The number of rotatable bonds is 10. The Morgan fingerprint density at radius 1 is 1.25 bits per heavy atom. The molecule has 1 saturated carbocycles. The molecule has 1 aliphatic carbocycles. The maximum absolute atomic E-state index is 5.88. The second kappa shape index (κ2) is 8.28. The highest BCUT2D eigenvalue weighted by Crippen LogP contribution is 2.20. The summed E-state index contributed by atoms with van der Waals surface area (Å²) in [4.78, 5) is 2.43. The van der Waals surface area contributed by atoms with Crippen LogP contribution >= 0.6 is 0 Å². The van der Waals surface area contributed by atoms with Crippen molar-refractivity contribution in [3.05, 3.63) is 29.8 Å². The Labute approximate surface area is 123 Å². The first-order chi connectivity index (χ1) is 9.81. The molecule has 0 radical (unpaired) electrons. The molecule has 0 bridgehead atoms. The van der Waals surface area contributed by atoms with E-state index in [9.17, 15) is 0 Å². The van der Waals surface area contributed by atoms with Crippen LogP contribution in [0.3, 0.4) is 0 Å². The molecule has 0 aromatic heterocycles. The predicted octanol–water partition coefficient (Wildman–Crippen LogP) is 3.05. The molecule has 0 saturated heterocycles. The van der Waals surface area contributed by atoms with E-state index in [0.717, 1.165) is 44.6 Å². The highest BCUT2D eigenvalue weighted by atomic mass is 16.5. The fourth-order valence-corrected chi connectivity index (χ4v) is 2.33. The Balaban J connectivity index is 1.72. The van der Waals surface area contributed by atoms with Crippen LogP contribution in [0, 0.1) is 0 Å². The van der Waals surface area contributed by atoms with E-state index in [1.54, 1.807) is 0 Å². The quantitative estimate of drug-likeness (QED) is 0.711. The lowest BCUT2D eigenvalue weighted by Gasteiger charge is -2.19. The molecule has 0 spiro atoms. The van der Waals surface area contributed by atoms with Crippen LogP contribution < -0.4 is 10.1 Å². The number of nitrogens with one attached hydrogen (secondary N) is 1. The van der Waals surface area contributed by atoms with E-state index in [0.29, 0.717) is 0 Å². The number of nitrogens with zero attached hydrogens (tertiary/aromatic N) is 1. The van der Waals surface area contributed by atoms with Crippen LogP contribution in [0.4, 0.5) is 0 Å². The molecule has 20 heavy (non-hydrogen) atoms. The summed E-state index contributed by atoms with van der Waals surface area (Å²) < 4.78 is 5.88. The Morgan fingerprint density at radius 2 is 2.10 bits per heavy atom. The molecule has 1 fully saturated rings. The van der Waals surface area contributed by atoms with Crippen LogP contribution in [0.2, 0.25) is 0 Å². The lowest BCUT2D eigenvalue weighted by Crippen LogP contribution is -2.29. The van der Waals surface area contributed by atoms with Crippen molar-refractivity contribution in [1.29, 1.82) is 0 Å². The SMILES string of the molecule is CCCN(CC)CCOc1cccc(CNC2CC2)c1. The van der Waals surface area contributed by atoms with Gasteiger partial charge >= 0.3 is 0 Å². The van der Waals surface area contributed by atoms with Gasteiger partial charge in [0.05, 0.1) is 0 Å². The van der Waals surface area contributed by atoms with Gasteiger partial charge < -0.3 is 15.0 Å². The van der Waals surface area contributed by atoms with Crippen LogP contribution in [-0.4, -0.2) is 37.2 Å². The van der Waals surface area contributed by atoms with Gasteiger partial charge in [0.15, 0.2) is 0 Å². The van der Waals surface area contributed by atoms with E-state index in [4.69, 9.17) is 4.74 Å². The van der Waals surface area contributed by atoms with Gasteiger partial charge in [0.2, 0.25) is 0 Å². The minimum Gasteiger partial charge on any atom is -0.492 e. The van der Waals surface area contributed by atoms with Gasteiger partial charge in [-0.3, -0.25) is 0 Å². The standard InChI is InChI=1S/C17H28N2O/c1-3-10-19(4-2)11-12-20-17-7-5-6-15(13-17)14-18-16-8-9-16/h5-7,13,16,18H,3-4,8-12,14H2,1-2H3. The van der Waals surface area contributed by atoms with Gasteiger partial charge in [0, 0.05) is 19.1 Å². The fraction of sp³-hybridized carbons (Fsp3) is 0.647. The average molecular weight is 276 g/mol. The van der Waals surface area contributed by atoms with Crippen molar-refractivity contribution in [2.24, 2.45) is 0 Å². The van der Waals surface area contributed by atoms with Crippen molar-refractivity contribution in [2.45, 2.75) is 45.7 Å². The molecule has 1 N–H and O–H groups in total. The van der Waals surface area contributed by atoms with Gasteiger partial charge in [-0.1, -0.05) is 26.0 Å². The maximum atomic E-state index is 5.88. The van der Waals surface area contributed by atoms with Crippen LogP contribution in [0.15, 0.2) is 24.3 Å². The van der Waals surface area contributed by atoms with E-state index in [-0.39, 0.29) is 0 Å². The zero-order valence-corrected chi connectivity index (χ0v) is 12.9. The third-order valence-corrected chi connectivity index (χ3v) is 3.73. The fourth-order valence-electron chi connectivity index (χ4n) is 2.33. The summed E-state index contributed by atoms with van der Waals surface area (Å²) >= 11 is 0. The van der Waals surface area contributed by atoms with E-state index >= 15 is 0 Å². The lowest BCUT2D eigenvalue weighted by atomic mass is 10.2. The van der Waals surface area contributed by atoms with E-state index < -0.39 is 0 Å². The summed E-state index contributed by atoms with van der Waals surface area (Å²) in [5.74, 6) is 0.993. The lowest BCUT2D eigenvalue weighted by molar-refractivity contribution is 0.216. The molecule has 112 valence electrons. The molecule has 0 unspecified atom stereocenters. The smallest absolute Gasteiger partial charge is 0.119 e. The Hall–Kier alpha value is -1.06. The van der Waals surface area contributed by atoms with E-state index in [1.165, 1.54) is 24.8 Å². The third kappa shape index (κ3) is 5.51. The number of hydrogen-bond donors (Lipinski definition) is 1. The Morgan fingerprint density at radius 3 is 2.80 bits per heavy atom. The van der Waals surface area contributed by atoms with Crippen molar-refractivity contribution in [1.82, 2.24) is 10.2 Å². The molecule has 0 aliphatic heterocycles. The zero-order chi connectivity index (χ0) is 14.2. The van der Waals surface area contributed by atoms with E-state index in [2.05, 4.69) is 48.3 Å². The molecule has 1 aromatic rings. The van der Waals surface area contributed by atoms with Crippen LogP contribution in [-0.2, 0) is 6.54 Å². The highest BCUT2D eigenvalue weighted by Gasteiger charge is 2.19. The molecular weight excluding hydrogens is 248 g/mol. The van der Waals surface area contributed by atoms with Crippen molar-refractivity contribution < 1.29 is 4.74 Å². The monoisotopic (exact) mass is 276 g/mol. The molecule has 1 aliphatic rings. The molecule has 1 aromatic carbocycles. The first-order valence-electron chi connectivity index (χ1n) is 7.99. The predicted molar refractivity (Wildman–Crippen MR) is 84.2 cm³/mol. The average Bonchev–Trinajstić information content (AvgIpc) is 3.29. The second-order valence-electron chi connectivity index (χ2n) is 5.59. The van der Waals surface area contributed by atoms with Crippen molar-refractivity contribution in [2.75, 3.05) is 26.2 Å².